The van der Waals surface area contributed by atoms with E-state index in [0.717, 1.165) is 16.9 Å². The molecule has 0 fully saturated rings. The summed E-state index contributed by atoms with van der Waals surface area (Å²) < 4.78 is 7.04. The van der Waals surface area contributed by atoms with Crippen molar-refractivity contribution in [3.63, 3.8) is 0 Å². The van der Waals surface area contributed by atoms with Gasteiger partial charge < -0.3 is 14.4 Å². The van der Waals surface area contributed by atoms with Gasteiger partial charge in [0.15, 0.2) is 6.61 Å². The Bertz CT molecular complexity index is 545. The van der Waals surface area contributed by atoms with E-state index >= 15 is 0 Å². The highest BCUT2D eigenvalue weighted by molar-refractivity contribution is 5.78. The molecule has 0 aliphatic carbocycles. The Hall–Kier alpha value is -2.04. The van der Waals surface area contributed by atoms with E-state index in [1.165, 1.54) is 0 Å². The maximum absolute atomic E-state index is 10.3. The molecule has 0 saturated carbocycles. The maximum atomic E-state index is 10.3. The highest BCUT2D eigenvalue weighted by atomic mass is 16.5. The zero-order valence-corrected chi connectivity index (χ0v) is 9.10. The Balaban J connectivity index is 2.33. The molecule has 0 atom stereocenters. The molecular formula is C11H12N2O3. The Morgan fingerprint density at radius 1 is 1.56 bits per heavy atom. The zero-order chi connectivity index (χ0) is 11.7. The fourth-order valence-corrected chi connectivity index (χ4v) is 1.53. The predicted octanol–water partition coefficient (Wildman–Crippen LogP) is 1.35. The van der Waals surface area contributed by atoms with Gasteiger partial charge in [-0.3, -0.25) is 0 Å². The van der Waals surface area contributed by atoms with E-state index in [9.17, 15) is 4.79 Å². The Morgan fingerprint density at radius 3 is 3.00 bits per heavy atom. The third kappa shape index (κ3) is 1.84. The van der Waals surface area contributed by atoms with E-state index in [-0.39, 0.29) is 6.61 Å². The summed E-state index contributed by atoms with van der Waals surface area (Å²) in [6, 6.07) is 5.35. The summed E-state index contributed by atoms with van der Waals surface area (Å²) in [6.45, 7) is 1.58. The maximum Gasteiger partial charge on any atom is 0.341 e. The molecule has 5 heteroatoms. The summed E-state index contributed by atoms with van der Waals surface area (Å²) in [5.74, 6) is 0.440. The van der Waals surface area contributed by atoms with E-state index in [4.69, 9.17) is 9.84 Å². The van der Waals surface area contributed by atoms with Crippen LogP contribution in [-0.4, -0.2) is 27.2 Å². The van der Waals surface area contributed by atoms with Crippen molar-refractivity contribution in [3.05, 3.63) is 24.0 Å². The van der Waals surface area contributed by atoms with Gasteiger partial charge in [0.2, 0.25) is 0 Å². The lowest BCUT2D eigenvalue weighted by Crippen LogP contribution is -2.09. The van der Waals surface area contributed by atoms with Crippen molar-refractivity contribution in [2.45, 2.75) is 6.92 Å². The number of hydrogen-bond donors (Lipinski definition) is 1. The number of rotatable bonds is 3. The molecule has 0 radical (unpaired) electrons. The second kappa shape index (κ2) is 3.84. The number of fused-ring (bicyclic) bond motifs is 1. The number of hydrogen-bond acceptors (Lipinski definition) is 3. The van der Waals surface area contributed by atoms with Crippen LogP contribution < -0.4 is 4.74 Å². The number of nitrogens with zero attached hydrogens (tertiary/aromatic N) is 2. The third-order valence-electron chi connectivity index (χ3n) is 2.44. The molecule has 2 aromatic rings. The van der Waals surface area contributed by atoms with Crippen LogP contribution in [0.5, 0.6) is 5.75 Å². The molecule has 0 spiro atoms. The first-order valence-corrected chi connectivity index (χ1v) is 4.85. The van der Waals surface area contributed by atoms with Crippen LogP contribution in [0.2, 0.25) is 0 Å². The topological polar surface area (TPSA) is 64.3 Å². The first-order chi connectivity index (χ1) is 7.58. The van der Waals surface area contributed by atoms with E-state index in [0.29, 0.717) is 5.75 Å². The summed E-state index contributed by atoms with van der Waals surface area (Å²) in [6.07, 6.45) is 0. The second-order valence-electron chi connectivity index (χ2n) is 3.55. The van der Waals surface area contributed by atoms with Crippen molar-refractivity contribution in [1.29, 1.82) is 0 Å². The molecule has 0 aliphatic heterocycles. The summed E-state index contributed by atoms with van der Waals surface area (Å²) >= 11 is 0. The largest absolute Gasteiger partial charge is 0.482 e. The van der Waals surface area contributed by atoms with Gasteiger partial charge >= 0.3 is 5.97 Å². The monoisotopic (exact) mass is 220 g/mol. The third-order valence-corrected chi connectivity index (χ3v) is 2.44. The van der Waals surface area contributed by atoms with E-state index in [2.05, 4.69) is 4.98 Å². The average molecular weight is 220 g/mol. The summed E-state index contributed by atoms with van der Waals surface area (Å²) in [5, 5.41) is 8.49. The molecule has 84 valence electrons. The van der Waals surface area contributed by atoms with Crippen molar-refractivity contribution in [3.8, 4) is 5.75 Å². The minimum Gasteiger partial charge on any atom is -0.482 e. The van der Waals surface area contributed by atoms with E-state index < -0.39 is 5.97 Å². The van der Waals surface area contributed by atoms with Gasteiger partial charge in [0.25, 0.3) is 0 Å². The molecule has 0 unspecified atom stereocenters. The number of imidazole rings is 1. The molecule has 2 rings (SSSR count). The van der Waals surface area contributed by atoms with Gasteiger partial charge in [-0.2, -0.15) is 0 Å². The zero-order valence-electron chi connectivity index (χ0n) is 9.10. The molecule has 1 heterocycles. The van der Waals surface area contributed by atoms with Crippen molar-refractivity contribution in [2.75, 3.05) is 6.61 Å². The number of aliphatic carboxylic acids is 1. The highest BCUT2D eigenvalue weighted by Crippen LogP contribution is 2.20. The molecule has 1 N–H and O–H groups in total. The average Bonchev–Trinajstić information content (AvgIpc) is 2.52. The van der Waals surface area contributed by atoms with Gasteiger partial charge in [-0.1, -0.05) is 0 Å². The molecule has 5 nitrogen and oxygen atoms in total. The van der Waals surface area contributed by atoms with Crippen LogP contribution in [0.1, 0.15) is 5.82 Å². The van der Waals surface area contributed by atoms with Crippen molar-refractivity contribution in [2.24, 2.45) is 7.05 Å². The fraction of sp³-hybridized carbons (Fsp3) is 0.273. The van der Waals surface area contributed by atoms with Gasteiger partial charge in [-0.25, -0.2) is 9.78 Å². The van der Waals surface area contributed by atoms with Crippen molar-refractivity contribution >= 4 is 17.0 Å². The first kappa shape index (κ1) is 10.5. The van der Waals surface area contributed by atoms with Crippen LogP contribution in [0, 0.1) is 6.92 Å². The van der Waals surface area contributed by atoms with Gasteiger partial charge in [0.1, 0.15) is 11.6 Å². The van der Waals surface area contributed by atoms with Crippen LogP contribution in [0.25, 0.3) is 11.0 Å². The van der Waals surface area contributed by atoms with Gasteiger partial charge in [-0.05, 0) is 19.1 Å². The Labute approximate surface area is 92.3 Å². The smallest absolute Gasteiger partial charge is 0.341 e. The number of carboxylic acid groups (broad SMARTS) is 1. The first-order valence-electron chi connectivity index (χ1n) is 4.85. The minimum absolute atomic E-state index is 0.336. The van der Waals surface area contributed by atoms with Gasteiger partial charge in [-0.15, -0.1) is 0 Å². The quantitative estimate of drug-likeness (QED) is 0.847. The predicted molar refractivity (Wildman–Crippen MR) is 58.6 cm³/mol. The highest BCUT2D eigenvalue weighted by Gasteiger charge is 2.06. The van der Waals surface area contributed by atoms with Crippen molar-refractivity contribution < 1.29 is 14.6 Å². The molecule has 0 bridgehead atoms. The lowest BCUT2D eigenvalue weighted by Gasteiger charge is -2.02. The second-order valence-corrected chi connectivity index (χ2v) is 3.55. The molecule has 1 aromatic carbocycles. The van der Waals surface area contributed by atoms with Crippen LogP contribution in [0.3, 0.4) is 0 Å². The van der Waals surface area contributed by atoms with Gasteiger partial charge in [0.05, 0.1) is 11.0 Å². The van der Waals surface area contributed by atoms with Crippen LogP contribution in [0.15, 0.2) is 18.2 Å². The lowest BCUT2D eigenvalue weighted by atomic mass is 10.3. The molecule has 16 heavy (non-hydrogen) atoms. The number of aryl methyl sites for hydroxylation is 2. The minimum atomic E-state index is -0.989. The normalized spacial score (nSPS) is 10.6. The van der Waals surface area contributed by atoms with Crippen LogP contribution >= 0.6 is 0 Å². The Morgan fingerprint density at radius 2 is 2.31 bits per heavy atom. The van der Waals surface area contributed by atoms with Crippen molar-refractivity contribution in [1.82, 2.24) is 9.55 Å². The van der Waals surface area contributed by atoms with Crippen LogP contribution in [-0.2, 0) is 11.8 Å². The number of aromatic nitrogens is 2. The Kier molecular flexibility index (Phi) is 2.52. The fourth-order valence-electron chi connectivity index (χ4n) is 1.53. The lowest BCUT2D eigenvalue weighted by molar-refractivity contribution is -0.139. The standard InChI is InChI=1S/C11H12N2O3/c1-7-12-9-5-8(16-6-11(14)15)3-4-10(9)13(7)2/h3-5H,6H2,1-2H3,(H,14,15). The number of ether oxygens (including phenoxy) is 1. The number of carboxylic acids is 1. The molecule has 1 aromatic heterocycles. The molecular weight excluding hydrogens is 208 g/mol. The number of benzene rings is 1. The molecule has 0 amide bonds. The van der Waals surface area contributed by atoms with E-state index in [1.54, 1.807) is 12.1 Å². The van der Waals surface area contributed by atoms with Crippen LogP contribution in [0.4, 0.5) is 0 Å². The van der Waals surface area contributed by atoms with Gasteiger partial charge in [0, 0.05) is 13.1 Å². The summed E-state index contributed by atoms with van der Waals surface area (Å²) in [7, 11) is 1.93. The number of carbonyl (C=O) groups is 1. The molecule has 0 saturated heterocycles. The van der Waals surface area contributed by atoms with E-state index in [1.807, 2.05) is 24.6 Å². The molecule has 0 aliphatic rings. The SMILES string of the molecule is Cc1nc2cc(OCC(=O)O)ccc2n1C. The summed E-state index contributed by atoms with van der Waals surface area (Å²) in [5.41, 5.74) is 1.81. The summed E-state index contributed by atoms with van der Waals surface area (Å²) in [4.78, 5) is 14.7.